The number of para-hydroxylation sites is 1. The van der Waals surface area contributed by atoms with Gasteiger partial charge in [0.15, 0.2) is 6.10 Å². The molecule has 8 heteroatoms. The van der Waals surface area contributed by atoms with E-state index in [4.69, 9.17) is 9.47 Å². The first kappa shape index (κ1) is 16.5. The zero-order valence-corrected chi connectivity index (χ0v) is 13.0. The number of carbonyl (C=O) groups excluding carboxylic acids is 1. The molecule has 0 radical (unpaired) electrons. The van der Waals surface area contributed by atoms with Crippen LogP contribution in [0.15, 0.2) is 36.5 Å². The van der Waals surface area contributed by atoms with Crippen molar-refractivity contribution in [2.24, 2.45) is 0 Å². The number of nitrogens with zero attached hydrogens (tertiary/aromatic N) is 2. The molecule has 0 spiro atoms. The summed E-state index contributed by atoms with van der Waals surface area (Å²) in [6.45, 7) is 2.39. The van der Waals surface area contributed by atoms with Crippen molar-refractivity contribution in [3.05, 3.63) is 42.2 Å². The molecular weight excluding hydrogens is 320 g/mol. The van der Waals surface area contributed by atoms with E-state index in [9.17, 15) is 13.6 Å². The maximum atomic E-state index is 13.5. The molecule has 1 aromatic heterocycles. The summed E-state index contributed by atoms with van der Waals surface area (Å²) < 4.78 is 38.8. The Labute approximate surface area is 137 Å². The molecule has 24 heavy (non-hydrogen) atoms. The first-order chi connectivity index (χ1) is 11.6. The van der Waals surface area contributed by atoms with Crippen LogP contribution in [-0.4, -0.2) is 41.1 Å². The van der Waals surface area contributed by atoms with E-state index in [0.29, 0.717) is 12.3 Å². The third kappa shape index (κ3) is 3.29. The second-order valence-corrected chi connectivity index (χ2v) is 5.35. The minimum Gasteiger partial charge on any atom is -0.373 e. The summed E-state index contributed by atoms with van der Waals surface area (Å²) >= 11 is 0. The van der Waals surface area contributed by atoms with E-state index in [2.05, 4.69) is 10.4 Å². The smallest absolute Gasteiger partial charge is 0.282 e. The average Bonchev–Trinajstić information content (AvgIpc) is 2.99. The predicted molar refractivity (Wildman–Crippen MR) is 82.3 cm³/mol. The highest BCUT2D eigenvalue weighted by Crippen LogP contribution is 2.29. The lowest BCUT2D eigenvalue weighted by Gasteiger charge is -2.28. The second kappa shape index (κ2) is 7.06. The quantitative estimate of drug-likeness (QED) is 0.931. The van der Waals surface area contributed by atoms with E-state index < -0.39 is 24.5 Å². The van der Waals surface area contributed by atoms with Gasteiger partial charge in [-0.25, -0.2) is 13.5 Å². The molecular formula is C16H17F2N3O3. The Morgan fingerprint density at radius 2 is 2.00 bits per heavy atom. The van der Waals surface area contributed by atoms with Gasteiger partial charge in [0, 0.05) is 0 Å². The molecule has 1 aliphatic rings. The molecule has 6 nitrogen and oxygen atoms in total. The molecule has 1 saturated heterocycles. The number of rotatable bonds is 4. The van der Waals surface area contributed by atoms with Gasteiger partial charge in [-0.05, 0) is 19.1 Å². The van der Waals surface area contributed by atoms with E-state index in [1.807, 2.05) is 0 Å². The van der Waals surface area contributed by atoms with E-state index >= 15 is 0 Å². The number of amides is 1. The third-order valence-corrected chi connectivity index (χ3v) is 3.72. The number of alkyl halides is 2. The summed E-state index contributed by atoms with van der Waals surface area (Å²) in [5.74, 6) is -0.531. The molecule has 1 aromatic carbocycles. The Balaban J connectivity index is 1.86. The number of hydrogen-bond acceptors (Lipinski definition) is 4. The number of carbonyl (C=O) groups is 1. The largest absolute Gasteiger partial charge is 0.373 e. The Morgan fingerprint density at radius 3 is 2.67 bits per heavy atom. The van der Waals surface area contributed by atoms with Gasteiger partial charge in [0.2, 0.25) is 0 Å². The highest BCUT2D eigenvalue weighted by Gasteiger charge is 2.31. The van der Waals surface area contributed by atoms with Crippen LogP contribution in [0.5, 0.6) is 0 Å². The zero-order chi connectivity index (χ0) is 17.1. The van der Waals surface area contributed by atoms with Crippen LogP contribution in [0.25, 0.3) is 5.69 Å². The summed E-state index contributed by atoms with van der Waals surface area (Å²) in [4.78, 5) is 12.3. The Bertz CT molecular complexity index is 706. The number of benzene rings is 1. The van der Waals surface area contributed by atoms with Gasteiger partial charge in [-0.1, -0.05) is 18.2 Å². The normalized spacial score (nSPS) is 21.0. The van der Waals surface area contributed by atoms with Gasteiger partial charge in [0.1, 0.15) is 5.69 Å². The maximum Gasteiger partial charge on any atom is 0.282 e. The number of halogens is 2. The number of aromatic nitrogens is 2. The number of ether oxygens (including phenoxy) is 2. The van der Waals surface area contributed by atoms with Gasteiger partial charge in [-0.2, -0.15) is 5.10 Å². The van der Waals surface area contributed by atoms with Crippen LogP contribution in [0.1, 0.15) is 19.0 Å². The molecule has 2 atom stereocenters. The molecule has 1 N–H and O–H groups in total. The van der Waals surface area contributed by atoms with Crippen molar-refractivity contribution in [1.29, 1.82) is 0 Å². The summed E-state index contributed by atoms with van der Waals surface area (Å²) in [5, 5.41) is 6.45. The lowest BCUT2D eigenvalue weighted by atomic mass is 10.2. The Kier molecular flexibility index (Phi) is 4.86. The molecule has 128 valence electrons. The van der Waals surface area contributed by atoms with Crippen molar-refractivity contribution in [3.63, 3.8) is 0 Å². The van der Waals surface area contributed by atoms with Gasteiger partial charge in [0.25, 0.3) is 12.3 Å². The number of nitrogens with one attached hydrogen (secondary N) is 1. The molecule has 2 aromatic rings. The minimum absolute atomic E-state index is 0.0415. The summed E-state index contributed by atoms with van der Waals surface area (Å²) in [5.41, 5.74) is 0.0677. The van der Waals surface area contributed by atoms with Crippen LogP contribution in [0.4, 0.5) is 14.5 Å². The van der Waals surface area contributed by atoms with Gasteiger partial charge in [-0.3, -0.25) is 4.79 Å². The average molecular weight is 337 g/mol. The van der Waals surface area contributed by atoms with Crippen LogP contribution in [-0.2, 0) is 14.3 Å². The fourth-order valence-electron chi connectivity index (χ4n) is 2.56. The highest BCUT2D eigenvalue weighted by molar-refractivity contribution is 5.95. The zero-order valence-electron chi connectivity index (χ0n) is 13.0. The second-order valence-electron chi connectivity index (χ2n) is 5.35. The fraction of sp³-hybridized carbons (Fsp3) is 0.375. The molecule has 1 amide bonds. The topological polar surface area (TPSA) is 65.4 Å². The molecule has 1 aliphatic heterocycles. The van der Waals surface area contributed by atoms with E-state index in [1.54, 1.807) is 37.3 Å². The summed E-state index contributed by atoms with van der Waals surface area (Å²) in [6, 6.07) is 8.54. The third-order valence-electron chi connectivity index (χ3n) is 3.72. The molecule has 2 heterocycles. The van der Waals surface area contributed by atoms with Crippen molar-refractivity contribution in [3.8, 4) is 5.69 Å². The van der Waals surface area contributed by atoms with Gasteiger partial charge < -0.3 is 14.8 Å². The van der Waals surface area contributed by atoms with E-state index in [-0.39, 0.29) is 18.0 Å². The van der Waals surface area contributed by atoms with Crippen molar-refractivity contribution in [2.75, 3.05) is 18.5 Å². The Hall–Kier alpha value is -2.32. The van der Waals surface area contributed by atoms with Crippen LogP contribution in [0.3, 0.4) is 0 Å². The standard InChI is InChI=1S/C16H17F2N3O3/c1-10-14(24-8-7-23-10)16(22)20-12-9-19-21(13(12)15(17)18)11-5-3-2-4-6-11/h2-6,9-10,14-15H,7-8H2,1H3,(H,20,22)/t10-,14-/m0/s1. The fourth-order valence-corrected chi connectivity index (χ4v) is 2.56. The summed E-state index contributed by atoms with van der Waals surface area (Å²) in [6.07, 6.45) is -2.88. The van der Waals surface area contributed by atoms with Gasteiger partial charge in [0.05, 0.1) is 36.9 Å². The van der Waals surface area contributed by atoms with E-state index in [1.165, 1.54) is 6.20 Å². The lowest BCUT2D eigenvalue weighted by molar-refractivity contribution is -0.157. The first-order valence-electron chi connectivity index (χ1n) is 7.53. The molecule has 0 saturated carbocycles. The molecule has 0 unspecified atom stereocenters. The number of hydrogen-bond donors (Lipinski definition) is 1. The van der Waals surface area contributed by atoms with Crippen molar-refractivity contribution >= 4 is 11.6 Å². The Morgan fingerprint density at radius 1 is 1.29 bits per heavy atom. The molecule has 3 rings (SSSR count). The van der Waals surface area contributed by atoms with Crippen LogP contribution in [0, 0.1) is 0 Å². The molecule has 0 aliphatic carbocycles. The number of anilines is 1. The van der Waals surface area contributed by atoms with Crippen molar-refractivity contribution in [1.82, 2.24) is 9.78 Å². The van der Waals surface area contributed by atoms with Crippen molar-refractivity contribution < 1.29 is 23.0 Å². The SMILES string of the molecule is C[C@@H]1OCCO[C@@H]1C(=O)Nc1cnn(-c2ccccc2)c1C(F)F. The first-order valence-corrected chi connectivity index (χ1v) is 7.53. The van der Waals surface area contributed by atoms with Gasteiger partial charge >= 0.3 is 0 Å². The monoisotopic (exact) mass is 337 g/mol. The predicted octanol–water partition coefficient (Wildman–Crippen LogP) is 2.55. The minimum atomic E-state index is -2.80. The molecule has 1 fully saturated rings. The summed E-state index contributed by atoms with van der Waals surface area (Å²) in [7, 11) is 0. The highest BCUT2D eigenvalue weighted by atomic mass is 19.3. The van der Waals surface area contributed by atoms with E-state index in [0.717, 1.165) is 4.68 Å². The van der Waals surface area contributed by atoms with Crippen LogP contribution in [0.2, 0.25) is 0 Å². The maximum absolute atomic E-state index is 13.5. The van der Waals surface area contributed by atoms with Crippen LogP contribution >= 0.6 is 0 Å². The van der Waals surface area contributed by atoms with Gasteiger partial charge in [-0.15, -0.1) is 0 Å². The van der Waals surface area contributed by atoms with Crippen LogP contribution < -0.4 is 5.32 Å². The van der Waals surface area contributed by atoms with Crippen molar-refractivity contribution in [2.45, 2.75) is 25.6 Å². The molecule has 0 bridgehead atoms. The lowest BCUT2D eigenvalue weighted by Crippen LogP contribution is -2.44.